The largest absolute Gasteiger partial charge is 0.378 e. The number of halogens is 1. The highest BCUT2D eigenvalue weighted by Crippen LogP contribution is 2.31. The monoisotopic (exact) mass is 507 g/mol. The molecule has 7 heteroatoms. The third-order valence-electron chi connectivity index (χ3n) is 6.88. The van der Waals surface area contributed by atoms with Crippen LogP contribution < -0.4 is 5.32 Å². The van der Waals surface area contributed by atoms with E-state index >= 15 is 0 Å². The Morgan fingerprint density at radius 2 is 1.68 bits per heavy atom. The van der Waals surface area contributed by atoms with Gasteiger partial charge in [-0.2, -0.15) is 0 Å². The molecule has 3 heterocycles. The minimum Gasteiger partial charge on any atom is -0.378 e. The fraction of sp³-hybridized carbons (Fsp3) is 0.952. The summed E-state index contributed by atoms with van der Waals surface area (Å²) in [6, 6.07) is 0. The van der Waals surface area contributed by atoms with Crippen molar-refractivity contribution in [1.82, 2.24) is 20.0 Å². The molecule has 6 nitrogen and oxygen atoms in total. The second kappa shape index (κ2) is 11.9. The first-order valence-electron chi connectivity index (χ1n) is 11.2. The van der Waals surface area contributed by atoms with Crippen molar-refractivity contribution >= 4 is 29.9 Å². The van der Waals surface area contributed by atoms with Crippen molar-refractivity contribution in [3.8, 4) is 0 Å². The highest BCUT2D eigenvalue weighted by Gasteiger charge is 2.40. The van der Waals surface area contributed by atoms with Crippen LogP contribution in [-0.2, 0) is 4.74 Å². The first kappa shape index (κ1) is 24.2. The number of hydrogen-bond acceptors (Lipinski definition) is 4. The van der Waals surface area contributed by atoms with Gasteiger partial charge in [0.1, 0.15) is 0 Å². The molecular formula is C21H42IN5O. The maximum absolute atomic E-state index is 5.81. The van der Waals surface area contributed by atoms with Crippen LogP contribution >= 0.6 is 24.0 Å². The zero-order chi connectivity index (χ0) is 19.1. The van der Waals surface area contributed by atoms with Gasteiger partial charge in [-0.05, 0) is 78.7 Å². The van der Waals surface area contributed by atoms with Gasteiger partial charge in [0.2, 0.25) is 0 Å². The first-order valence-corrected chi connectivity index (χ1v) is 11.2. The van der Waals surface area contributed by atoms with Gasteiger partial charge in [-0.3, -0.25) is 9.89 Å². The van der Waals surface area contributed by atoms with Gasteiger partial charge in [0.05, 0.1) is 6.10 Å². The number of nitrogens with zero attached hydrogens (tertiary/aromatic N) is 4. The van der Waals surface area contributed by atoms with Gasteiger partial charge in [0, 0.05) is 38.8 Å². The SMILES string of the molecule is CCOC1CCN(C(=NC)NCC2(N3CCCCC3)CCN(C)CC2)CC1.I. The molecule has 3 aliphatic heterocycles. The lowest BCUT2D eigenvalue weighted by Crippen LogP contribution is -2.62. The van der Waals surface area contributed by atoms with Crippen LogP contribution in [0.25, 0.3) is 0 Å². The number of hydrogen-bond donors (Lipinski definition) is 1. The summed E-state index contributed by atoms with van der Waals surface area (Å²) in [5.74, 6) is 1.08. The van der Waals surface area contributed by atoms with Gasteiger partial charge in [-0.15, -0.1) is 24.0 Å². The number of ether oxygens (including phenoxy) is 1. The van der Waals surface area contributed by atoms with Gasteiger partial charge in [-0.1, -0.05) is 6.42 Å². The van der Waals surface area contributed by atoms with Crippen LogP contribution in [0.15, 0.2) is 4.99 Å². The van der Waals surface area contributed by atoms with E-state index in [0.29, 0.717) is 11.6 Å². The maximum Gasteiger partial charge on any atom is 0.193 e. The van der Waals surface area contributed by atoms with Crippen molar-refractivity contribution in [1.29, 1.82) is 0 Å². The number of likely N-dealkylation sites (tertiary alicyclic amines) is 3. The van der Waals surface area contributed by atoms with Crippen molar-refractivity contribution in [2.24, 2.45) is 4.99 Å². The molecule has 0 saturated carbocycles. The fourth-order valence-corrected chi connectivity index (χ4v) is 5.05. The molecule has 0 radical (unpaired) electrons. The molecule has 0 aliphatic carbocycles. The van der Waals surface area contributed by atoms with Crippen LogP contribution in [0.5, 0.6) is 0 Å². The Morgan fingerprint density at radius 3 is 2.25 bits per heavy atom. The molecular weight excluding hydrogens is 465 g/mol. The summed E-state index contributed by atoms with van der Waals surface area (Å²) in [7, 11) is 4.19. The van der Waals surface area contributed by atoms with Crippen molar-refractivity contribution in [3.63, 3.8) is 0 Å². The molecule has 3 rings (SSSR count). The minimum absolute atomic E-state index is 0. The van der Waals surface area contributed by atoms with E-state index in [9.17, 15) is 0 Å². The lowest BCUT2D eigenvalue weighted by atomic mass is 9.84. The van der Waals surface area contributed by atoms with Gasteiger partial charge in [0.25, 0.3) is 0 Å². The summed E-state index contributed by atoms with van der Waals surface area (Å²) in [6.07, 6.45) is 9.29. The Balaban J connectivity index is 0.00000280. The highest BCUT2D eigenvalue weighted by atomic mass is 127. The normalized spacial score (nSPS) is 25.4. The number of guanidine groups is 1. The highest BCUT2D eigenvalue weighted by molar-refractivity contribution is 14.0. The molecule has 1 N–H and O–H groups in total. The fourth-order valence-electron chi connectivity index (χ4n) is 5.05. The molecule has 3 saturated heterocycles. The average molecular weight is 508 g/mol. The van der Waals surface area contributed by atoms with Gasteiger partial charge in [-0.25, -0.2) is 0 Å². The van der Waals surface area contributed by atoms with Crippen molar-refractivity contribution < 1.29 is 4.74 Å². The third-order valence-corrected chi connectivity index (χ3v) is 6.88. The first-order chi connectivity index (χ1) is 13.2. The number of aliphatic imine (C=N–C) groups is 1. The molecule has 0 bridgehead atoms. The van der Waals surface area contributed by atoms with Gasteiger partial charge >= 0.3 is 0 Å². The van der Waals surface area contributed by atoms with Gasteiger partial charge in [0.15, 0.2) is 5.96 Å². The van der Waals surface area contributed by atoms with Crippen LogP contribution in [-0.4, -0.2) is 98.8 Å². The summed E-state index contributed by atoms with van der Waals surface area (Å²) in [4.78, 5) is 12.3. The lowest BCUT2D eigenvalue weighted by Gasteiger charge is -2.50. The van der Waals surface area contributed by atoms with Crippen LogP contribution in [0.4, 0.5) is 0 Å². The molecule has 0 atom stereocenters. The van der Waals surface area contributed by atoms with E-state index in [1.165, 1.54) is 58.3 Å². The van der Waals surface area contributed by atoms with Crippen molar-refractivity contribution in [3.05, 3.63) is 0 Å². The molecule has 164 valence electrons. The molecule has 3 aliphatic rings. The molecule has 0 aromatic carbocycles. The van der Waals surface area contributed by atoms with E-state index < -0.39 is 0 Å². The standard InChI is InChI=1S/C21H41N5O.HI/c1-4-27-19-8-14-25(15-9-19)20(22-2)23-18-21(10-16-24(3)17-11-21)26-12-6-5-7-13-26;/h19H,4-18H2,1-3H3,(H,22,23);1H. The predicted molar refractivity (Wildman–Crippen MR) is 128 cm³/mol. The Hall–Kier alpha value is -0.120. The zero-order valence-electron chi connectivity index (χ0n) is 18.3. The van der Waals surface area contributed by atoms with Crippen molar-refractivity contribution in [2.45, 2.75) is 63.5 Å². The van der Waals surface area contributed by atoms with E-state index in [4.69, 9.17) is 4.74 Å². The Labute approximate surface area is 189 Å². The Bertz CT molecular complexity index is 467. The quantitative estimate of drug-likeness (QED) is 0.352. The summed E-state index contributed by atoms with van der Waals surface area (Å²) in [5.41, 5.74) is 0.298. The second-order valence-electron chi connectivity index (χ2n) is 8.62. The zero-order valence-corrected chi connectivity index (χ0v) is 20.6. The molecule has 3 fully saturated rings. The van der Waals surface area contributed by atoms with E-state index in [1.807, 2.05) is 7.05 Å². The minimum atomic E-state index is 0. The summed E-state index contributed by atoms with van der Waals surface area (Å²) in [6.45, 7) is 11.0. The number of piperidine rings is 3. The van der Waals surface area contributed by atoms with E-state index in [2.05, 4.69) is 39.0 Å². The molecule has 0 unspecified atom stereocenters. The van der Waals surface area contributed by atoms with E-state index in [-0.39, 0.29) is 24.0 Å². The lowest BCUT2D eigenvalue weighted by molar-refractivity contribution is 0.0150. The molecule has 0 spiro atoms. The average Bonchev–Trinajstić information content (AvgIpc) is 2.72. The smallest absolute Gasteiger partial charge is 0.193 e. The molecule has 0 aromatic rings. The van der Waals surface area contributed by atoms with Crippen molar-refractivity contribution in [2.75, 3.05) is 66.5 Å². The summed E-state index contributed by atoms with van der Waals surface area (Å²) < 4.78 is 5.81. The Kier molecular flexibility index (Phi) is 10.3. The topological polar surface area (TPSA) is 43.3 Å². The summed E-state index contributed by atoms with van der Waals surface area (Å²) >= 11 is 0. The van der Waals surface area contributed by atoms with Gasteiger partial charge < -0.3 is 19.9 Å². The molecule has 0 aromatic heterocycles. The predicted octanol–water partition coefficient (Wildman–Crippen LogP) is 2.63. The number of nitrogens with one attached hydrogen (secondary N) is 1. The molecule has 28 heavy (non-hydrogen) atoms. The van der Waals surface area contributed by atoms with Crippen LogP contribution in [0.1, 0.15) is 51.9 Å². The second-order valence-corrected chi connectivity index (χ2v) is 8.62. The maximum atomic E-state index is 5.81. The third kappa shape index (κ3) is 6.19. The van der Waals surface area contributed by atoms with Crippen LogP contribution in [0.2, 0.25) is 0 Å². The van der Waals surface area contributed by atoms with E-state index in [1.54, 1.807) is 0 Å². The number of rotatable bonds is 5. The van der Waals surface area contributed by atoms with Crippen LogP contribution in [0, 0.1) is 0 Å². The van der Waals surface area contributed by atoms with Crippen LogP contribution in [0.3, 0.4) is 0 Å². The van der Waals surface area contributed by atoms with E-state index in [0.717, 1.165) is 45.0 Å². The molecule has 0 amide bonds. The Morgan fingerprint density at radius 1 is 1.04 bits per heavy atom. The summed E-state index contributed by atoms with van der Waals surface area (Å²) in [5, 5.41) is 3.78.